The van der Waals surface area contributed by atoms with Gasteiger partial charge in [0.2, 0.25) is 0 Å². The van der Waals surface area contributed by atoms with Crippen LogP contribution in [-0.2, 0) is 19.7 Å². The molecule has 2 unspecified atom stereocenters. The van der Waals surface area contributed by atoms with Crippen LogP contribution in [0.15, 0.2) is 0 Å². The summed E-state index contributed by atoms with van der Waals surface area (Å²) in [5.41, 5.74) is 0. The third kappa shape index (κ3) is 3.56. The standard InChI is InChI=1S/C13H25N3O4S/c1-10-9-16(11(2)8-14-10)21(18,19)15-6-4-12(5-7-15)13(17)20-3/h10-12,14H,4-9H2,1-3H3. The molecule has 2 fully saturated rings. The summed E-state index contributed by atoms with van der Waals surface area (Å²) in [5, 5.41) is 3.28. The summed E-state index contributed by atoms with van der Waals surface area (Å²) in [4.78, 5) is 11.5. The van der Waals surface area contributed by atoms with Crippen LogP contribution < -0.4 is 5.32 Å². The molecular weight excluding hydrogens is 294 g/mol. The lowest BCUT2D eigenvalue weighted by Gasteiger charge is -2.40. The highest BCUT2D eigenvalue weighted by Gasteiger charge is 2.39. The number of esters is 1. The van der Waals surface area contributed by atoms with Gasteiger partial charge in [0.05, 0.1) is 13.0 Å². The minimum atomic E-state index is -3.45. The van der Waals surface area contributed by atoms with E-state index < -0.39 is 10.2 Å². The van der Waals surface area contributed by atoms with E-state index in [-0.39, 0.29) is 24.0 Å². The Labute approximate surface area is 126 Å². The van der Waals surface area contributed by atoms with Gasteiger partial charge in [0.1, 0.15) is 0 Å². The maximum atomic E-state index is 12.8. The van der Waals surface area contributed by atoms with Crippen molar-refractivity contribution in [1.29, 1.82) is 0 Å². The van der Waals surface area contributed by atoms with Gasteiger partial charge in [-0.2, -0.15) is 17.0 Å². The Bertz CT molecular complexity index is 474. The normalized spacial score (nSPS) is 30.2. The molecule has 2 saturated heterocycles. The fourth-order valence-corrected chi connectivity index (χ4v) is 4.86. The zero-order valence-electron chi connectivity index (χ0n) is 12.9. The number of nitrogens with zero attached hydrogens (tertiary/aromatic N) is 2. The van der Waals surface area contributed by atoms with Crippen LogP contribution in [0.3, 0.4) is 0 Å². The lowest BCUT2D eigenvalue weighted by Crippen LogP contribution is -2.60. The second-order valence-corrected chi connectivity index (χ2v) is 7.81. The van der Waals surface area contributed by atoms with Crippen molar-refractivity contribution in [3.05, 3.63) is 0 Å². The first-order valence-corrected chi connectivity index (χ1v) is 8.84. The van der Waals surface area contributed by atoms with Gasteiger partial charge in [-0.15, -0.1) is 0 Å². The third-order valence-electron chi connectivity index (χ3n) is 4.32. The van der Waals surface area contributed by atoms with Crippen LogP contribution in [0, 0.1) is 5.92 Å². The van der Waals surface area contributed by atoms with Crippen molar-refractivity contribution in [1.82, 2.24) is 13.9 Å². The second kappa shape index (κ2) is 6.60. The SMILES string of the molecule is COC(=O)C1CCN(S(=O)(=O)N2CC(C)NCC2C)CC1. The highest BCUT2D eigenvalue weighted by Crippen LogP contribution is 2.24. The third-order valence-corrected chi connectivity index (χ3v) is 6.44. The van der Waals surface area contributed by atoms with E-state index in [0.29, 0.717) is 39.0 Å². The number of carbonyl (C=O) groups is 1. The van der Waals surface area contributed by atoms with Crippen LogP contribution in [0.5, 0.6) is 0 Å². The van der Waals surface area contributed by atoms with Crippen LogP contribution >= 0.6 is 0 Å². The highest BCUT2D eigenvalue weighted by molar-refractivity contribution is 7.86. The topological polar surface area (TPSA) is 79.0 Å². The molecule has 2 atom stereocenters. The molecule has 7 nitrogen and oxygen atoms in total. The summed E-state index contributed by atoms with van der Waals surface area (Å²) in [5.74, 6) is -0.419. The summed E-state index contributed by atoms with van der Waals surface area (Å²) < 4.78 is 33.3. The number of piperazine rings is 1. The van der Waals surface area contributed by atoms with E-state index in [2.05, 4.69) is 5.32 Å². The summed E-state index contributed by atoms with van der Waals surface area (Å²) in [7, 11) is -2.08. The Morgan fingerprint density at radius 2 is 1.86 bits per heavy atom. The first-order valence-electron chi connectivity index (χ1n) is 7.44. The molecule has 0 aromatic rings. The van der Waals surface area contributed by atoms with E-state index in [4.69, 9.17) is 4.74 Å². The van der Waals surface area contributed by atoms with Crippen molar-refractivity contribution in [3.63, 3.8) is 0 Å². The van der Waals surface area contributed by atoms with E-state index in [1.807, 2.05) is 13.8 Å². The molecule has 2 aliphatic rings. The molecule has 0 spiro atoms. The lowest BCUT2D eigenvalue weighted by molar-refractivity contribution is -0.146. The fourth-order valence-electron chi connectivity index (χ4n) is 2.95. The summed E-state index contributed by atoms with van der Waals surface area (Å²) in [6.07, 6.45) is 1.06. The van der Waals surface area contributed by atoms with Crippen LogP contribution in [0.2, 0.25) is 0 Å². The number of methoxy groups -OCH3 is 1. The maximum Gasteiger partial charge on any atom is 0.308 e. The number of hydrogen-bond donors (Lipinski definition) is 1. The number of ether oxygens (including phenoxy) is 1. The van der Waals surface area contributed by atoms with Gasteiger partial charge in [0.25, 0.3) is 10.2 Å². The van der Waals surface area contributed by atoms with Crippen LogP contribution in [0.25, 0.3) is 0 Å². The highest BCUT2D eigenvalue weighted by atomic mass is 32.2. The molecule has 122 valence electrons. The van der Waals surface area contributed by atoms with Crippen molar-refractivity contribution in [3.8, 4) is 0 Å². The van der Waals surface area contributed by atoms with E-state index in [0.717, 1.165) is 0 Å². The molecule has 0 saturated carbocycles. The Kier molecular flexibility index (Phi) is 5.24. The Hall–Kier alpha value is -0.700. The van der Waals surface area contributed by atoms with Crippen molar-refractivity contribution in [2.24, 2.45) is 5.92 Å². The Morgan fingerprint density at radius 1 is 1.24 bits per heavy atom. The maximum absolute atomic E-state index is 12.8. The van der Waals surface area contributed by atoms with Gasteiger partial charge in [-0.25, -0.2) is 0 Å². The molecule has 0 aliphatic carbocycles. The zero-order valence-corrected chi connectivity index (χ0v) is 13.7. The smallest absolute Gasteiger partial charge is 0.308 e. The monoisotopic (exact) mass is 319 g/mol. The molecule has 0 aromatic heterocycles. The Morgan fingerprint density at radius 3 is 2.43 bits per heavy atom. The average Bonchev–Trinajstić information content (AvgIpc) is 2.49. The van der Waals surface area contributed by atoms with Crippen LogP contribution in [0.1, 0.15) is 26.7 Å². The van der Waals surface area contributed by atoms with Gasteiger partial charge in [-0.1, -0.05) is 0 Å². The van der Waals surface area contributed by atoms with Gasteiger partial charge < -0.3 is 10.1 Å². The molecule has 0 amide bonds. The predicted octanol–water partition coefficient (Wildman–Crippen LogP) is -0.202. The minimum absolute atomic E-state index is 0.0514. The largest absolute Gasteiger partial charge is 0.469 e. The van der Waals surface area contributed by atoms with Gasteiger partial charge in [-0.05, 0) is 26.7 Å². The lowest BCUT2D eigenvalue weighted by atomic mass is 9.99. The molecule has 2 heterocycles. The molecule has 0 bridgehead atoms. The molecule has 2 rings (SSSR count). The average molecular weight is 319 g/mol. The van der Waals surface area contributed by atoms with Crippen LogP contribution in [0.4, 0.5) is 0 Å². The van der Waals surface area contributed by atoms with Crippen molar-refractivity contribution in [2.75, 3.05) is 33.3 Å². The zero-order chi connectivity index (χ0) is 15.6. The molecule has 0 radical (unpaired) electrons. The summed E-state index contributed by atoms with van der Waals surface area (Å²) in [6.45, 7) is 5.81. The first kappa shape index (κ1) is 16.7. The molecule has 21 heavy (non-hydrogen) atoms. The van der Waals surface area contributed by atoms with Gasteiger partial charge in [-0.3, -0.25) is 4.79 Å². The molecule has 2 aliphatic heterocycles. The van der Waals surface area contributed by atoms with Crippen molar-refractivity contribution in [2.45, 2.75) is 38.8 Å². The number of carbonyl (C=O) groups excluding carboxylic acids is 1. The molecule has 0 aromatic carbocycles. The van der Waals surface area contributed by atoms with E-state index in [1.54, 1.807) is 4.31 Å². The number of rotatable bonds is 3. The Balaban J connectivity index is 2.02. The van der Waals surface area contributed by atoms with Gasteiger partial charge >= 0.3 is 5.97 Å². The van der Waals surface area contributed by atoms with Crippen LogP contribution in [-0.4, -0.2) is 68.4 Å². The van der Waals surface area contributed by atoms with E-state index in [9.17, 15) is 13.2 Å². The van der Waals surface area contributed by atoms with E-state index in [1.165, 1.54) is 11.4 Å². The number of nitrogens with one attached hydrogen (secondary N) is 1. The van der Waals surface area contributed by atoms with E-state index >= 15 is 0 Å². The molecule has 1 N–H and O–H groups in total. The van der Waals surface area contributed by atoms with Crippen molar-refractivity contribution < 1.29 is 17.9 Å². The summed E-state index contributed by atoms with van der Waals surface area (Å²) >= 11 is 0. The number of piperidine rings is 1. The second-order valence-electron chi connectivity index (χ2n) is 5.93. The van der Waals surface area contributed by atoms with Crippen molar-refractivity contribution >= 4 is 16.2 Å². The van der Waals surface area contributed by atoms with Gasteiger partial charge in [0, 0.05) is 38.3 Å². The number of hydrogen-bond acceptors (Lipinski definition) is 5. The summed E-state index contributed by atoms with van der Waals surface area (Å²) in [6, 6.07) is 0.105. The van der Waals surface area contributed by atoms with Gasteiger partial charge in [0.15, 0.2) is 0 Å². The first-order chi connectivity index (χ1) is 9.86. The molecular formula is C13H25N3O4S. The predicted molar refractivity (Wildman–Crippen MR) is 78.9 cm³/mol. The molecule has 8 heteroatoms. The fraction of sp³-hybridized carbons (Fsp3) is 0.923. The minimum Gasteiger partial charge on any atom is -0.469 e. The quantitative estimate of drug-likeness (QED) is 0.729.